The molecule has 1 heterocycles. The van der Waals surface area contributed by atoms with Gasteiger partial charge in [0.1, 0.15) is 5.82 Å². The zero-order valence-electron chi connectivity index (χ0n) is 14.0. The van der Waals surface area contributed by atoms with Crippen molar-refractivity contribution in [2.24, 2.45) is 0 Å². The molecule has 0 saturated heterocycles. The summed E-state index contributed by atoms with van der Waals surface area (Å²) >= 11 is 1.35. The number of non-ortho nitro benzene ring substituents is 1. The van der Waals surface area contributed by atoms with Crippen LogP contribution in [0.1, 0.15) is 44.5 Å². The summed E-state index contributed by atoms with van der Waals surface area (Å²) in [5.41, 5.74) is 0.519. The minimum Gasteiger partial charge on any atom is -0.325 e. The number of nitro groups is 1. The molecule has 3 rings (SSSR count). The normalized spacial score (nSPS) is 13.9. The lowest BCUT2D eigenvalue weighted by Crippen LogP contribution is -2.15. The number of nitro benzene ring substituents is 1. The van der Waals surface area contributed by atoms with Crippen molar-refractivity contribution in [1.82, 2.24) is 14.8 Å². The fourth-order valence-corrected chi connectivity index (χ4v) is 3.36. The summed E-state index contributed by atoms with van der Waals surface area (Å²) in [7, 11) is 0. The van der Waals surface area contributed by atoms with Crippen molar-refractivity contribution in [2.75, 3.05) is 11.1 Å². The van der Waals surface area contributed by atoms with Crippen molar-refractivity contribution < 1.29 is 9.72 Å². The number of benzene rings is 1. The summed E-state index contributed by atoms with van der Waals surface area (Å²) in [6, 6.07) is 6.00. The van der Waals surface area contributed by atoms with Crippen LogP contribution in [0.15, 0.2) is 29.4 Å². The van der Waals surface area contributed by atoms with Crippen LogP contribution in [0.25, 0.3) is 0 Å². The summed E-state index contributed by atoms with van der Waals surface area (Å²) in [5.74, 6) is 1.52. The SMILES string of the molecule is CC(C)n1c(SCC(=O)Nc2ccc([N+](=O)[O-])cc2)nnc1C1CC1. The molecular formula is C16H19N5O3S. The first kappa shape index (κ1) is 17.4. The minimum absolute atomic E-state index is 0.00925. The molecule has 1 fully saturated rings. The van der Waals surface area contributed by atoms with Gasteiger partial charge in [-0.2, -0.15) is 0 Å². The van der Waals surface area contributed by atoms with E-state index < -0.39 is 4.92 Å². The van der Waals surface area contributed by atoms with Crippen LogP contribution >= 0.6 is 11.8 Å². The van der Waals surface area contributed by atoms with Gasteiger partial charge in [-0.3, -0.25) is 14.9 Å². The molecule has 0 atom stereocenters. The van der Waals surface area contributed by atoms with Crippen LogP contribution in [0.4, 0.5) is 11.4 Å². The monoisotopic (exact) mass is 361 g/mol. The lowest BCUT2D eigenvalue weighted by atomic mass is 10.3. The molecule has 0 spiro atoms. The molecule has 1 amide bonds. The molecular weight excluding hydrogens is 342 g/mol. The predicted molar refractivity (Wildman–Crippen MR) is 94.8 cm³/mol. The Labute approximate surface area is 149 Å². The van der Waals surface area contributed by atoms with E-state index in [0.717, 1.165) is 23.8 Å². The number of nitrogens with one attached hydrogen (secondary N) is 1. The second kappa shape index (κ2) is 7.22. The van der Waals surface area contributed by atoms with E-state index in [4.69, 9.17) is 0 Å². The van der Waals surface area contributed by atoms with E-state index in [0.29, 0.717) is 11.6 Å². The first-order valence-electron chi connectivity index (χ1n) is 8.07. The van der Waals surface area contributed by atoms with Crippen LogP contribution in [0.5, 0.6) is 0 Å². The van der Waals surface area contributed by atoms with Crippen molar-refractivity contribution in [1.29, 1.82) is 0 Å². The Bertz CT molecular complexity index is 784. The van der Waals surface area contributed by atoms with E-state index in [1.165, 1.54) is 36.0 Å². The number of amides is 1. The number of hydrogen-bond donors (Lipinski definition) is 1. The van der Waals surface area contributed by atoms with Gasteiger partial charge in [0.15, 0.2) is 5.16 Å². The van der Waals surface area contributed by atoms with Crippen LogP contribution in [-0.4, -0.2) is 31.3 Å². The van der Waals surface area contributed by atoms with E-state index in [-0.39, 0.29) is 23.4 Å². The third-order valence-electron chi connectivity index (χ3n) is 3.84. The Morgan fingerprint density at radius 2 is 2.04 bits per heavy atom. The molecule has 25 heavy (non-hydrogen) atoms. The fourth-order valence-electron chi connectivity index (χ4n) is 2.49. The molecule has 132 valence electrons. The third kappa shape index (κ3) is 4.16. The summed E-state index contributed by atoms with van der Waals surface area (Å²) in [6.07, 6.45) is 2.30. The van der Waals surface area contributed by atoms with Gasteiger partial charge in [-0.25, -0.2) is 0 Å². The Morgan fingerprint density at radius 3 is 2.60 bits per heavy atom. The number of anilines is 1. The standard InChI is InChI=1S/C16H19N5O3S/c1-10(2)20-15(11-3-4-11)18-19-16(20)25-9-14(22)17-12-5-7-13(8-6-12)21(23)24/h5-8,10-11H,3-4,9H2,1-2H3,(H,17,22). The fraction of sp³-hybridized carbons (Fsp3) is 0.438. The van der Waals surface area contributed by atoms with Crippen LogP contribution < -0.4 is 5.32 Å². The van der Waals surface area contributed by atoms with Gasteiger partial charge in [-0.15, -0.1) is 10.2 Å². The third-order valence-corrected chi connectivity index (χ3v) is 4.79. The zero-order chi connectivity index (χ0) is 18.0. The van der Waals surface area contributed by atoms with Gasteiger partial charge in [-0.1, -0.05) is 11.8 Å². The van der Waals surface area contributed by atoms with Crippen molar-refractivity contribution in [3.63, 3.8) is 0 Å². The van der Waals surface area contributed by atoms with Crippen molar-refractivity contribution >= 4 is 29.0 Å². The highest BCUT2D eigenvalue weighted by molar-refractivity contribution is 7.99. The van der Waals surface area contributed by atoms with Crippen LogP contribution in [-0.2, 0) is 4.79 Å². The average Bonchev–Trinajstić information content (AvgIpc) is 3.32. The van der Waals surface area contributed by atoms with Gasteiger partial charge in [0.05, 0.1) is 10.7 Å². The molecule has 0 aliphatic heterocycles. The lowest BCUT2D eigenvalue weighted by molar-refractivity contribution is -0.384. The Hall–Kier alpha value is -2.42. The van der Waals surface area contributed by atoms with Gasteiger partial charge >= 0.3 is 0 Å². The topological polar surface area (TPSA) is 103 Å². The molecule has 1 aromatic heterocycles. The number of thioether (sulfide) groups is 1. The smallest absolute Gasteiger partial charge is 0.269 e. The highest BCUT2D eigenvalue weighted by Gasteiger charge is 2.31. The van der Waals surface area contributed by atoms with Crippen LogP contribution in [0, 0.1) is 10.1 Å². The Morgan fingerprint density at radius 1 is 1.36 bits per heavy atom. The first-order chi connectivity index (χ1) is 12.0. The predicted octanol–water partition coefficient (Wildman–Crippen LogP) is 3.38. The van der Waals surface area contributed by atoms with Gasteiger partial charge in [0.25, 0.3) is 5.69 Å². The Kier molecular flexibility index (Phi) is 5.03. The van der Waals surface area contributed by atoms with Gasteiger partial charge < -0.3 is 9.88 Å². The summed E-state index contributed by atoms with van der Waals surface area (Å²) in [4.78, 5) is 22.3. The molecule has 9 heteroatoms. The number of carbonyl (C=O) groups excluding carboxylic acids is 1. The highest BCUT2D eigenvalue weighted by atomic mass is 32.2. The second-order valence-electron chi connectivity index (χ2n) is 6.22. The highest BCUT2D eigenvalue weighted by Crippen LogP contribution is 2.41. The molecule has 1 N–H and O–H groups in total. The number of hydrogen-bond acceptors (Lipinski definition) is 6. The van der Waals surface area contributed by atoms with Crippen molar-refractivity contribution in [3.8, 4) is 0 Å². The van der Waals surface area contributed by atoms with Crippen molar-refractivity contribution in [2.45, 2.75) is 43.8 Å². The van der Waals surface area contributed by atoms with Crippen LogP contribution in [0.3, 0.4) is 0 Å². The Balaban J connectivity index is 1.60. The number of nitrogens with zero attached hydrogens (tertiary/aromatic N) is 4. The maximum absolute atomic E-state index is 12.1. The molecule has 1 aromatic carbocycles. The van der Waals surface area contributed by atoms with E-state index in [9.17, 15) is 14.9 Å². The maximum atomic E-state index is 12.1. The van der Waals surface area contributed by atoms with Crippen molar-refractivity contribution in [3.05, 3.63) is 40.2 Å². The lowest BCUT2D eigenvalue weighted by Gasteiger charge is -2.13. The van der Waals surface area contributed by atoms with E-state index in [1.54, 1.807) is 0 Å². The van der Waals surface area contributed by atoms with Gasteiger partial charge in [0.2, 0.25) is 5.91 Å². The molecule has 1 saturated carbocycles. The summed E-state index contributed by atoms with van der Waals surface area (Å²) in [6.45, 7) is 4.16. The minimum atomic E-state index is -0.475. The van der Waals surface area contributed by atoms with Gasteiger partial charge in [0, 0.05) is 29.8 Å². The van der Waals surface area contributed by atoms with E-state index in [2.05, 4.69) is 33.9 Å². The number of aromatic nitrogens is 3. The second-order valence-corrected chi connectivity index (χ2v) is 7.16. The van der Waals surface area contributed by atoms with Gasteiger partial charge in [-0.05, 0) is 38.8 Å². The zero-order valence-corrected chi connectivity index (χ0v) is 14.8. The quantitative estimate of drug-likeness (QED) is 0.461. The molecule has 0 radical (unpaired) electrons. The maximum Gasteiger partial charge on any atom is 0.269 e. The number of rotatable bonds is 7. The first-order valence-corrected chi connectivity index (χ1v) is 9.06. The largest absolute Gasteiger partial charge is 0.325 e. The molecule has 1 aliphatic carbocycles. The van der Waals surface area contributed by atoms with E-state index in [1.807, 2.05) is 0 Å². The molecule has 0 unspecified atom stereocenters. The van der Waals surface area contributed by atoms with Crippen LogP contribution in [0.2, 0.25) is 0 Å². The summed E-state index contributed by atoms with van der Waals surface area (Å²) < 4.78 is 2.10. The molecule has 8 nitrogen and oxygen atoms in total. The average molecular weight is 361 g/mol. The summed E-state index contributed by atoms with van der Waals surface area (Å²) in [5, 5.41) is 22.6. The molecule has 2 aromatic rings. The molecule has 1 aliphatic rings. The molecule has 0 bridgehead atoms. The number of carbonyl (C=O) groups is 1. The van der Waals surface area contributed by atoms with E-state index >= 15 is 0 Å².